The number of nitrogens with zero attached hydrogens (tertiary/aromatic N) is 2. The third kappa shape index (κ3) is 4.14. The lowest BCUT2D eigenvalue weighted by molar-refractivity contribution is -0.384. The highest BCUT2D eigenvalue weighted by Crippen LogP contribution is 2.24. The van der Waals surface area contributed by atoms with Gasteiger partial charge in [-0.3, -0.25) is 10.1 Å². The first-order valence-electron chi connectivity index (χ1n) is 7.29. The van der Waals surface area contributed by atoms with Gasteiger partial charge < -0.3 is 15.4 Å². The molecule has 0 bridgehead atoms. The Morgan fingerprint density at radius 2 is 2.27 bits per heavy atom. The number of hydrogen-bond acceptors (Lipinski definition) is 7. The first kappa shape index (κ1) is 16.2. The van der Waals surface area contributed by atoms with Crippen LogP contribution in [0.2, 0.25) is 0 Å². The van der Waals surface area contributed by atoms with E-state index >= 15 is 0 Å². The van der Waals surface area contributed by atoms with Crippen molar-refractivity contribution in [2.45, 2.75) is 19.3 Å². The molecule has 0 aliphatic carbocycles. The van der Waals surface area contributed by atoms with Crippen molar-refractivity contribution in [3.63, 3.8) is 0 Å². The van der Waals surface area contributed by atoms with Crippen molar-refractivity contribution in [1.82, 2.24) is 10.3 Å². The highest BCUT2D eigenvalue weighted by atomic mass is 16.6. The summed E-state index contributed by atoms with van der Waals surface area (Å²) in [6.07, 6.45) is 4.47. The molecule has 120 valence electrons. The van der Waals surface area contributed by atoms with E-state index in [0.717, 1.165) is 32.4 Å². The number of ether oxygens (including phenoxy) is 1. The predicted octanol–water partition coefficient (Wildman–Crippen LogP) is 1.58. The van der Waals surface area contributed by atoms with Gasteiger partial charge in [0.25, 0.3) is 0 Å². The molecule has 2 rings (SSSR count). The largest absolute Gasteiger partial charge is 0.465 e. The molecule has 2 N–H and O–H groups in total. The Morgan fingerprint density at radius 1 is 1.55 bits per heavy atom. The van der Waals surface area contributed by atoms with Crippen LogP contribution in [-0.2, 0) is 4.74 Å². The number of aromatic nitrogens is 1. The Labute approximate surface area is 128 Å². The lowest BCUT2D eigenvalue weighted by atomic mass is 9.95. The fourth-order valence-electron chi connectivity index (χ4n) is 2.52. The summed E-state index contributed by atoms with van der Waals surface area (Å²) in [5, 5.41) is 17.4. The van der Waals surface area contributed by atoms with Crippen molar-refractivity contribution in [1.29, 1.82) is 0 Å². The van der Waals surface area contributed by atoms with E-state index in [1.807, 2.05) is 0 Å². The molecule has 1 fully saturated rings. The summed E-state index contributed by atoms with van der Waals surface area (Å²) >= 11 is 0. The fraction of sp³-hybridized carbons (Fsp3) is 0.571. The first-order valence-corrected chi connectivity index (χ1v) is 7.29. The molecular weight excluding hydrogens is 288 g/mol. The van der Waals surface area contributed by atoms with Crippen LogP contribution in [0.15, 0.2) is 12.3 Å². The number of carbonyl (C=O) groups is 1. The van der Waals surface area contributed by atoms with Crippen LogP contribution in [0.3, 0.4) is 0 Å². The molecule has 0 atom stereocenters. The van der Waals surface area contributed by atoms with Gasteiger partial charge in [0, 0.05) is 18.8 Å². The van der Waals surface area contributed by atoms with E-state index in [1.54, 1.807) is 0 Å². The van der Waals surface area contributed by atoms with E-state index in [0.29, 0.717) is 12.5 Å². The number of nitrogens with one attached hydrogen (secondary N) is 2. The van der Waals surface area contributed by atoms with Crippen molar-refractivity contribution >= 4 is 17.5 Å². The summed E-state index contributed by atoms with van der Waals surface area (Å²) in [7, 11) is 1.22. The summed E-state index contributed by atoms with van der Waals surface area (Å²) in [4.78, 5) is 26.0. The summed E-state index contributed by atoms with van der Waals surface area (Å²) in [6.45, 7) is 2.67. The van der Waals surface area contributed by atoms with Crippen LogP contribution in [0.4, 0.5) is 11.5 Å². The summed E-state index contributed by atoms with van der Waals surface area (Å²) in [6, 6.07) is 1.19. The van der Waals surface area contributed by atoms with Gasteiger partial charge in [0.15, 0.2) is 0 Å². The maximum absolute atomic E-state index is 11.4. The van der Waals surface area contributed by atoms with Gasteiger partial charge in [-0.2, -0.15) is 0 Å². The molecule has 1 aromatic rings. The average molecular weight is 308 g/mol. The van der Waals surface area contributed by atoms with Gasteiger partial charge in [-0.15, -0.1) is 0 Å². The molecule has 0 amide bonds. The highest BCUT2D eigenvalue weighted by molar-refractivity contribution is 5.90. The molecule has 0 unspecified atom stereocenters. The van der Waals surface area contributed by atoms with Crippen LogP contribution >= 0.6 is 0 Å². The number of methoxy groups -OCH3 is 1. The number of pyridine rings is 1. The molecule has 1 aliphatic rings. The Hall–Kier alpha value is -2.22. The van der Waals surface area contributed by atoms with Crippen LogP contribution < -0.4 is 10.6 Å². The minimum absolute atomic E-state index is 0.0677. The maximum atomic E-state index is 11.4. The van der Waals surface area contributed by atoms with Crippen LogP contribution in [-0.4, -0.2) is 42.6 Å². The molecule has 0 radical (unpaired) electrons. The van der Waals surface area contributed by atoms with E-state index in [2.05, 4.69) is 20.4 Å². The van der Waals surface area contributed by atoms with Gasteiger partial charge in [-0.05, 0) is 38.3 Å². The standard InChI is InChI=1S/C14H20N4O4/c1-22-14(19)11-8-12(18(20)21)13(17-9-11)16-7-4-10-2-5-15-6-3-10/h8-10,15H,2-7H2,1H3,(H,16,17). The monoisotopic (exact) mass is 308 g/mol. The second-order valence-electron chi connectivity index (χ2n) is 5.25. The molecule has 0 saturated carbocycles. The number of esters is 1. The van der Waals surface area contributed by atoms with E-state index in [9.17, 15) is 14.9 Å². The predicted molar refractivity (Wildman–Crippen MR) is 80.9 cm³/mol. The summed E-state index contributed by atoms with van der Waals surface area (Å²) < 4.78 is 4.54. The number of anilines is 1. The maximum Gasteiger partial charge on any atom is 0.339 e. The van der Waals surface area contributed by atoms with E-state index in [4.69, 9.17) is 0 Å². The molecule has 8 heteroatoms. The molecular formula is C14H20N4O4. The van der Waals surface area contributed by atoms with Gasteiger partial charge >= 0.3 is 11.7 Å². The zero-order valence-corrected chi connectivity index (χ0v) is 12.5. The quantitative estimate of drug-likeness (QED) is 0.467. The van der Waals surface area contributed by atoms with Crippen molar-refractivity contribution in [2.24, 2.45) is 5.92 Å². The number of carbonyl (C=O) groups excluding carboxylic acids is 1. The Bertz CT molecular complexity index is 544. The summed E-state index contributed by atoms with van der Waals surface area (Å²) in [5.74, 6) is 0.172. The number of piperidine rings is 1. The van der Waals surface area contributed by atoms with E-state index in [1.165, 1.54) is 19.4 Å². The van der Waals surface area contributed by atoms with Crippen molar-refractivity contribution in [2.75, 3.05) is 32.1 Å². The smallest absolute Gasteiger partial charge is 0.339 e. The Balaban J connectivity index is 1.99. The van der Waals surface area contributed by atoms with E-state index < -0.39 is 10.9 Å². The van der Waals surface area contributed by atoms with E-state index in [-0.39, 0.29) is 17.1 Å². The second kappa shape index (κ2) is 7.69. The van der Waals surface area contributed by atoms with Crippen molar-refractivity contribution < 1.29 is 14.5 Å². The number of rotatable bonds is 6. The van der Waals surface area contributed by atoms with Gasteiger partial charge in [0.2, 0.25) is 5.82 Å². The SMILES string of the molecule is COC(=O)c1cnc(NCCC2CCNCC2)c([N+](=O)[O-])c1. The Morgan fingerprint density at radius 3 is 2.91 bits per heavy atom. The van der Waals surface area contributed by atoms with Crippen molar-refractivity contribution in [3.8, 4) is 0 Å². The van der Waals surface area contributed by atoms with Gasteiger partial charge in [0.1, 0.15) is 0 Å². The van der Waals surface area contributed by atoms with Crippen LogP contribution in [0.25, 0.3) is 0 Å². The average Bonchev–Trinajstić information content (AvgIpc) is 2.55. The summed E-state index contributed by atoms with van der Waals surface area (Å²) in [5.41, 5.74) is -0.147. The lowest BCUT2D eigenvalue weighted by Gasteiger charge is -2.22. The zero-order chi connectivity index (χ0) is 15.9. The zero-order valence-electron chi connectivity index (χ0n) is 12.5. The molecule has 1 aliphatic heterocycles. The highest BCUT2D eigenvalue weighted by Gasteiger charge is 2.20. The van der Waals surface area contributed by atoms with Gasteiger partial charge in [-0.1, -0.05) is 0 Å². The van der Waals surface area contributed by atoms with Crippen LogP contribution in [0, 0.1) is 16.0 Å². The molecule has 1 aromatic heterocycles. The molecule has 8 nitrogen and oxygen atoms in total. The minimum Gasteiger partial charge on any atom is -0.465 e. The minimum atomic E-state index is -0.642. The first-order chi connectivity index (χ1) is 10.6. The number of hydrogen-bond donors (Lipinski definition) is 2. The van der Waals surface area contributed by atoms with Crippen LogP contribution in [0.5, 0.6) is 0 Å². The van der Waals surface area contributed by atoms with Crippen molar-refractivity contribution in [3.05, 3.63) is 27.9 Å². The normalized spacial score (nSPS) is 15.3. The lowest BCUT2D eigenvalue weighted by Crippen LogP contribution is -2.28. The second-order valence-corrected chi connectivity index (χ2v) is 5.25. The van der Waals surface area contributed by atoms with Gasteiger partial charge in [-0.25, -0.2) is 9.78 Å². The molecule has 0 spiro atoms. The van der Waals surface area contributed by atoms with Gasteiger partial charge in [0.05, 0.1) is 17.6 Å². The molecule has 0 aromatic carbocycles. The Kier molecular flexibility index (Phi) is 5.65. The van der Waals surface area contributed by atoms with Crippen LogP contribution in [0.1, 0.15) is 29.6 Å². The molecule has 22 heavy (non-hydrogen) atoms. The molecule has 2 heterocycles. The topological polar surface area (TPSA) is 106 Å². The molecule has 1 saturated heterocycles. The fourth-order valence-corrected chi connectivity index (χ4v) is 2.52. The third-order valence-corrected chi connectivity index (χ3v) is 3.79. The number of nitro groups is 1. The third-order valence-electron chi connectivity index (χ3n) is 3.79.